The maximum Gasteiger partial charge on any atom is 0.296 e. The molecule has 0 aromatic heterocycles. The molecule has 16 heavy (non-hydrogen) atoms. The van der Waals surface area contributed by atoms with Gasteiger partial charge in [0, 0.05) is 12.6 Å². The van der Waals surface area contributed by atoms with Crippen molar-refractivity contribution < 1.29 is 14.4 Å². The van der Waals surface area contributed by atoms with E-state index in [1.54, 1.807) is 6.07 Å². The maximum atomic E-state index is 10.8. The van der Waals surface area contributed by atoms with Crippen LogP contribution >= 0.6 is 0 Å². The molecule has 0 spiro atoms. The minimum atomic E-state index is -0.458. The van der Waals surface area contributed by atoms with E-state index in [-0.39, 0.29) is 5.69 Å². The third-order valence-electron chi connectivity index (χ3n) is 2.07. The number of anilines is 1. The Labute approximate surface area is 93.3 Å². The second-order valence-electron chi connectivity index (χ2n) is 3.01. The summed E-state index contributed by atoms with van der Waals surface area (Å²) >= 11 is 0. The number of nitro groups is 1. The molecule has 1 aromatic carbocycles. The zero-order valence-electron chi connectivity index (χ0n) is 9.44. The Morgan fingerprint density at radius 3 is 2.31 bits per heavy atom. The van der Waals surface area contributed by atoms with Crippen molar-refractivity contribution in [3.05, 3.63) is 22.2 Å². The molecule has 0 fully saturated rings. The molecule has 0 atom stereocenters. The zero-order valence-corrected chi connectivity index (χ0v) is 9.44. The summed E-state index contributed by atoms with van der Waals surface area (Å²) in [5, 5.41) is 13.7. The Hall–Kier alpha value is -1.98. The summed E-state index contributed by atoms with van der Waals surface area (Å²) in [5.74, 6) is 0.805. The third-order valence-corrected chi connectivity index (χ3v) is 2.07. The van der Waals surface area contributed by atoms with Gasteiger partial charge in [-0.15, -0.1) is 0 Å². The molecule has 0 heterocycles. The molecule has 0 saturated heterocycles. The first-order valence-electron chi connectivity index (χ1n) is 4.78. The third kappa shape index (κ3) is 2.33. The smallest absolute Gasteiger partial charge is 0.296 e. The van der Waals surface area contributed by atoms with Gasteiger partial charge < -0.3 is 14.8 Å². The van der Waals surface area contributed by atoms with Crippen molar-refractivity contribution in [1.29, 1.82) is 0 Å². The SMILES string of the molecule is CCNc1cc(OC)c(OC)cc1[N+](=O)[O-]. The lowest BCUT2D eigenvalue weighted by molar-refractivity contribution is -0.384. The van der Waals surface area contributed by atoms with Crippen molar-refractivity contribution in [1.82, 2.24) is 0 Å². The molecule has 0 aliphatic heterocycles. The number of ether oxygens (including phenoxy) is 2. The highest BCUT2D eigenvalue weighted by Gasteiger charge is 2.18. The van der Waals surface area contributed by atoms with E-state index in [1.807, 2.05) is 6.92 Å². The van der Waals surface area contributed by atoms with Crippen molar-refractivity contribution in [2.24, 2.45) is 0 Å². The van der Waals surface area contributed by atoms with Crippen LogP contribution in [0, 0.1) is 10.1 Å². The van der Waals surface area contributed by atoms with E-state index in [0.29, 0.717) is 23.7 Å². The molecule has 0 aliphatic rings. The molecule has 0 aliphatic carbocycles. The van der Waals surface area contributed by atoms with Gasteiger partial charge in [0.05, 0.1) is 25.2 Å². The second-order valence-corrected chi connectivity index (χ2v) is 3.01. The van der Waals surface area contributed by atoms with Gasteiger partial charge in [-0.25, -0.2) is 0 Å². The summed E-state index contributed by atoms with van der Waals surface area (Å²) < 4.78 is 10.1. The van der Waals surface area contributed by atoms with Gasteiger partial charge in [-0.2, -0.15) is 0 Å². The lowest BCUT2D eigenvalue weighted by atomic mass is 10.2. The Bertz CT molecular complexity index is 393. The minimum absolute atomic E-state index is 0.0282. The van der Waals surface area contributed by atoms with Crippen LogP contribution in [-0.2, 0) is 0 Å². The Morgan fingerprint density at radius 2 is 1.88 bits per heavy atom. The normalized spacial score (nSPS) is 9.69. The Balaban J connectivity index is 3.29. The lowest BCUT2D eigenvalue weighted by Crippen LogP contribution is -2.02. The van der Waals surface area contributed by atoms with Crippen LogP contribution in [0.15, 0.2) is 12.1 Å². The predicted molar refractivity (Wildman–Crippen MR) is 60.4 cm³/mol. The maximum absolute atomic E-state index is 10.8. The van der Waals surface area contributed by atoms with E-state index < -0.39 is 4.92 Å². The molecule has 88 valence electrons. The van der Waals surface area contributed by atoms with Crippen LogP contribution in [-0.4, -0.2) is 25.7 Å². The minimum Gasteiger partial charge on any atom is -0.493 e. The van der Waals surface area contributed by atoms with Crippen LogP contribution in [0.25, 0.3) is 0 Å². The fourth-order valence-electron chi connectivity index (χ4n) is 1.35. The lowest BCUT2D eigenvalue weighted by Gasteiger charge is -2.10. The summed E-state index contributed by atoms with van der Waals surface area (Å²) in [5.41, 5.74) is 0.393. The first-order valence-corrected chi connectivity index (χ1v) is 4.78. The molecular formula is C10H14N2O4. The fraction of sp³-hybridized carbons (Fsp3) is 0.400. The molecule has 1 N–H and O–H groups in total. The molecule has 0 amide bonds. The number of methoxy groups -OCH3 is 2. The van der Waals surface area contributed by atoms with Crippen molar-refractivity contribution in [2.75, 3.05) is 26.1 Å². The van der Waals surface area contributed by atoms with Crippen LogP contribution in [0.1, 0.15) is 6.92 Å². The van der Waals surface area contributed by atoms with Crippen LogP contribution in [0.3, 0.4) is 0 Å². The standard InChI is InChI=1S/C10H14N2O4/c1-4-11-7-5-9(15-2)10(16-3)6-8(7)12(13)14/h5-6,11H,4H2,1-3H3. The van der Waals surface area contributed by atoms with E-state index in [9.17, 15) is 10.1 Å². The van der Waals surface area contributed by atoms with Gasteiger partial charge in [0.1, 0.15) is 5.69 Å². The fourth-order valence-corrected chi connectivity index (χ4v) is 1.35. The average Bonchev–Trinajstić information content (AvgIpc) is 2.28. The number of nitrogens with zero attached hydrogens (tertiary/aromatic N) is 1. The number of benzene rings is 1. The first kappa shape index (κ1) is 12.1. The Morgan fingerprint density at radius 1 is 1.31 bits per heavy atom. The summed E-state index contributed by atoms with van der Waals surface area (Å²) in [7, 11) is 2.92. The summed E-state index contributed by atoms with van der Waals surface area (Å²) in [6.45, 7) is 2.46. The molecule has 0 bridgehead atoms. The highest BCUT2D eigenvalue weighted by Crippen LogP contribution is 2.37. The monoisotopic (exact) mass is 226 g/mol. The van der Waals surface area contributed by atoms with Gasteiger partial charge >= 0.3 is 0 Å². The zero-order chi connectivity index (χ0) is 12.1. The highest BCUT2D eigenvalue weighted by atomic mass is 16.6. The van der Waals surface area contributed by atoms with Gasteiger partial charge in [0.15, 0.2) is 11.5 Å². The van der Waals surface area contributed by atoms with Crippen LogP contribution in [0.5, 0.6) is 11.5 Å². The van der Waals surface area contributed by atoms with E-state index >= 15 is 0 Å². The van der Waals surface area contributed by atoms with Gasteiger partial charge in [-0.3, -0.25) is 10.1 Å². The van der Waals surface area contributed by atoms with E-state index in [0.717, 1.165) is 0 Å². The number of nitrogens with one attached hydrogen (secondary N) is 1. The molecule has 1 aromatic rings. The van der Waals surface area contributed by atoms with E-state index in [2.05, 4.69) is 5.32 Å². The molecule has 6 heteroatoms. The first-order chi connectivity index (χ1) is 7.63. The molecule has 0 saturated carbocycles. The second kappa shape index (κ2) is 5.20. The van der Waals surface area contributed by atoms with Gasteiger partial charge in [-0.1, -0.05) is 0 Å². The highest BCUT2D eigenvalue weighted by molar-refractivity contribution is 5.68. The average molecular weight is 226 g/mol. The number of hydrogen-bond donors (Lipinski definition) is 1. The van der Waals surface area contributed by atoms with E-state index in [4.69, 9.17) is 9.47 Å². The summed E-state index contributed by atoms with van der Waals surface area (Å²) in [6.07, 6.45) is 0. The number of hydrogen-bond acceptors (Lipinski definition) is 5. The topological polar surface area (TPSA) is 73.6 Å². The Kier molecular flexibility index (Phi) is 3.93. The number of rotatable bonds is 5. The molecule has 0 radical (unpaired) electrons. The molecule has 1 rings (SSSR count). The van der Waals surface area contributed by atoms with Crippen LogP contribution in [0.4, 0.5) is 11.4 Å². The predicted octanol–water partition coefficient (Wildman–Crippen LogP) is 2.04. The summed E-state index contributed by atoms with van der Waals surface area (Å²) in [4.78, 5) is 10.4. The molecule has 0 unspecified atom stereocenters. The van der Waals surface area contributed by atoms with Crippen LogP contribution < -0.4 is 14.8 Å². The molecular weight excluding hydrogens is 212 g/mol. The van der Waals surface area contributed by atoms with Gasteiger partial charge in [0.25, 0.3) is 5.69 Å². The quantitative estimate of drug-likeness (QED) is 0.614. The van der Waals surface area contributed by atoms with Crippen molar-refractivity contribution in [3.8, 4) is 11.5 Å². The van der Waals surface area contributed by atoms with Gasteiger partial charge in [-0.05, 0) is 6.92 Å². The van der Waals surface area contributed by atoms with Crippen molar-refractivity contribution >= 4 is 11.4 Å². The van der Waals surface area contributed by atoms with Crippen molar-refractivity contribution in [3.63, 3.8) is 0 Å². The largest absolute Gasteiger partial charge is 0.493 e. The van der Waals surface area contributed by atoms with E-state index in [1.165, 1.54) is 20.3 Å². The van der Waals surface area contributed by atoms with Crippen molar-refractivity contribution in [2.45, 2.75) is 6.92 Å². The van der Waals surface area contributed by atoms with Crippen LogP contribution in [0.2, 0.25) is 0 Å². The molecule has 6 nitrogen and oxygen atoms in total. The van der Waals surface area contributed by atoms with Gasteiger partial charge in [0.2, 0.25) is 0 Å². The number of nitro benzene ring substituents is 1. The summed E-state index contributed by atoms with van der Waals surface area (Å²) in [6, 6.07) is 2.90.